The van der Waals surface area contributed by atoms with Crippen molar-refractivity contribution in [2.75, 3.05) is 18.0 Å². The number of carboxylic acids is 1. The molecule has 2 heterocycles. The molecule has 0 aromatic carbocycles. The number of anilines is 1. The lowest BCUT2D eigenvalue weighted by Crippen LogP contribution is -2.06. The molecule has 1 aromatic rings. The number of rotatable bonds is 2. The molecular weight excluding hydrogens is 262 g/mol. The molecule has 0 aliphatic carbocycles. The van der Waals surface area contributed by atoms with Crippen molar-refractivity contribution in [3.8, 4) is 0 Å². The molecule has 0 atom stereocenters. The summed E-state index contributed by atoms with van der Waals surface area (Å²) in [5, 5.41) is 9.03. The van der Waals surface area contributed by atoms with Crippen LogP contribution in [0.4, 0.5) is 5.69 Å². The van der Waals surface area contributed by atoms with Gasteiger partial charge in [0.2, 0.25) is 0 Å². The summed E-state index contributed by atoms with van der Waals surface area (Å²) in [6.07, 6.45) is 0. The van der Waals surface area contributed by atoms with Gasteiger partial charge < -0.3 is 10.0 Å². The summed E-state index contributed by atoms with van der Waals surface area (Å²) < 4.78 is 0. The Hall–Kier alpha value is -0.710. The Morgan fingerprint density at radius 3 is 2.33 bits per heavy atom. The van der Waals surface area contributed by atoms with Crippen LogP contribution < -0.4 is 4.90 Å². The highest BCUT2D eigenvalue weighted by Crippen LogP contribution is 2.41. The lowest BCUT2D eigenvalue weighted by atomic mass is 10.3. The maximum absolute atomic E-state index is 10.8. The second-order valence-corrected chi connectivity index (χ2v) is 4.13. The summed E-state index contributed by atoms with van der Waals surface area (Å²) in [7, 11) is 0. The largest absolute Gasteiger partial charge is 0.476 e. The molecule has 1 saturated heterocycles. The molecule has 1 aliphatic rings. The molecule has 80 valence electrons. The Morgan fingerprint density at radius 1 is 1.27 bits per heavy atom. The number of aromatic carboxylic acids is 1. The molecule has 15 heavy (non-hydrogen) atoms. The molecule has 0 amide bonds. The molecule has 1 aromatic heterocycles. The van der Waals surface area contributed by atoms with Gasteiger partial charge in [0, 0.05) is 13.1 Å². The lowest BCUT2D eigenvalue weighted by molar-refractivity contribution is 0.0691. The number of aromatic nitrogens is 1. The molecular formula is C8H5Cl3N2O2. The van der Waals surface area contributed by atoms with Crippen LogP contribution >= 0.6 is 34.8 Å². The normalized spacial score (nSPS) is 14.2. The van der Waals surface area contributed by atoms with E-state index in [2.05, 4.69) is 4.98 Å². The van der Waals surface area contributed by atoms with Crippen LogP contribution in [-0.2, 0) is 0 Å². The molecule has 1 aliphatic heterocycles. The monoisotopic (exact) mass is 266 g/mol. The predicted molar refractivity (Wildman–Crippen MR) is 58.4 cm³/mol. The van der Waals surface area contributed by atoms with Crippen LogP contribution in [0.2, 0.25) is 15.2 Å². The van der Waals surface area contributed by atoms with Crippen molar-refractivity contribution in [3.05, 3.63) is 20.9 Å². The van der Waals surface area contributed by atoms with Crippen molar-refractivity contribution in [3.63, 3.8) is 0 Å². The minimum atomic E-state index is -1.22. The number of pyridine rings is 1. The van der Waals surface area contributed by atoms with Gasteiger partial charge >= 0.3 is 5.97 Å². The number of carbonyl (C=O) groups is 1. The first kappa shape index (κ1) is 10.8. The van der Waals surface area contributed by atoms with Crippen LogP contribution in [0, 0.1) is 0 Å². The fraction of sp³-hybridized carbons (Fsp3) is 0.250. The SMILES string of the molecule is O=C(O)c1nc(Cl)c(Cl)c(N2CC2)c1Cl. The van der Waals surface area contributed by atoms with Gasteiger partial charge in [0.25, 0.3) is 0 Å². The maximum atomic E-state index is 10.8. The van der Waals surface area contributed by atoms with Crippen molar-refractivity contribution in [1.82, 2.24) is 4.98 Å². The molecule has 1 N–H and O–H groups in total. The summed E-state index contributed by atoms with van der Waals surface area (Å²) in [6, 6.07) is 0. The third-order valence-electron chi connectivity index (χ3n) is 1.98. The molecule has 1 fully saturated rings. The first-order valence-electron chi connectivity index (χ1n) is 4.05. The van der Waals surface area contributed by atoms with Crippen LogP contribution in [0.15, 0.2) is 0 Å². The Balaban J connectivity index is 2.65. The standard InChI is InChI=1S/C8H5Cl3N2O2/c9-3-5(8(14)15)12-7(11)4(10)6(3)13-1-2-13/h1-2H2,(H,14,15). The fourth-order valence-corrected chi connectivity index (χ4v) is 2.01. The highest BCUT2D eigenvalue weighted by molar-refractivity contribution is 6.46. The van der Waals surface area contributed by atoms with E-state index in [1.807, 2.05) is 4.90 Å². The van der Waals surface area contributed by atoms with Gasteiger partial charge in [0.05, 0.1) is 10.7 Å². The van der Waals surface area contributed by atoms with Crippen molar-refractivity contribution < 1.29 is 9.90 Å². The van der Waals surface area contributed by atoms with Crippen molar-refractivity contribution in [2.45, 2.75) is 0 Å². The Labute approximate surface area is 100 Å². The van der Waals surface area contributed by atoms with E-state index in [9.17, 15) is 4.79 Å². The van der Waals surface area contributed by atoms with Crippen LogP contribution in [0.1, 0.15) is 10.5 Å². The van der Waals surface area contributed by atoms with E-state index in [1.165, 1.54) is 0 Å². The smallest absolute Gasteiger partial charge is 0.356 e. The van der Waals surface area contributed by atoms with Gasteiger partial charge in [0.15, 0.2) is 10.8 Å². The number of nitrogens with zero attached hydrogens (tertiary/aromatic N) is 2. The molecule has 0 saturated carbocycles. The van der Waals surface area contributed by atoms with Gasteiger partial charge in [-0.15, -0.1) is 0 Å². The van der Waals surface area contributed by atoms with E-state index >= 15 is 0 Å². The second-order valence-electron chi connectivity index (χ2n) is 3.02. The van der Waals surface area contributed by atoms with Crippen LogP contribution in [0.25, 0.3) is 0 Å². The van der Waals surface area contributed by atoms with Crippen LogP contribution in [-0.4, -0.2) is 29.1 Å². The van der Waals surface area contributed by atoms with Gasteiger partial charge in [-0.05, 0) is 0 Å². The summed E-state index contributed by atoms with van der Waals surface area (Å²) in [5.74, 6) is -1.22. The van der Waals surface area contributed by atoms with Crippen molar-refractivity contribution in [2.24, 2.45) is 0 Å². The average molecular weight is 267 g/mol. The number of hydrogen-bond acceptors (Lipinski definition) is 3. The quantitative estimate of drug-likeness (QED) is 0.661. The average Bonchev–Trinajstić information content (AvgIpc) is 2.95. The van der Waals surface area contributed by atoms with Gasteiger partial charge in [-0.1, -0.05) is 34.8 Å². The predicted octanol–water partition coefficient (Wildman–Crippen LogP) is 2.56. The van der Waals surface area contributed by atoms with E-state index in [0.717, 1.165) is 13.1 Å². The molecule has 4 nitrogen and oxygen atoms in total. The molecule has 0 bridgehead atoms. The summed E-state index contributed by atoms with van der Waals surface area (Å²) in [6.45, 7) is 1.58. The highest BCUT2D eigenvalue weighted by atomic mass is 35.5. The van der Waals surface area contributed by atoms with Crippen molar-refractivity contribution in [1.29, 1.82) is 0 Å². The zero-order valence-corrected chi connectivity index (χ0v) is 9.57. The lowest BCUT2D eigenvalue weighted by Gasteiger charge is -2.10. The molecule has 7 heteroatoms. The first-order valence-corrected chi connectivity index (χ1v) is 5.18. The Bertz CT molecular complexity index is 446. The van der Waals surface area contributed by atoms with Gasteiger partial charge in [-0.3, -0.25) is 0 Å². The zero-order valence-electron chi connectivity index (χ0n) is 7.30. The van der Waals surface area contributed by atoms with Gasteiger partial charge in [-0.2, -0.15) is 0 Å². The van der Waals surface area contributed by atoms with E-state index in [4.69, 9.17) is 39.9 Å². The Morgan fingerprint density at radius 2 is 1.87 bits per heavy atom. The third kappa shape index (κ3) is 1.85. The fourth-order valence-electron chi connectivity index (χ4n) is 1.20. The van der Waals surface area contributed by atoms with E-state index in [1.54, 1.807) is 0 Å². The van der Waals surface area contributed by atoms with Crippen LogP contribution in [0.3, 0.4) is 0 Å². The number of carboxylic acid groups (broad SMARTS) is 1. The summed E-state index contributed by atoms with van der Waals surface area (Å²) >= 11 is 17.5. The number of halogens is 3. The topological polar surface area (TPSA) is 53.2 Å². The second kappa shape index (κ2) is 3.70. The van der Waals surface area contributed by atoms with E-state index < -0.39 is 5.97 Å². The van der Waals surface area contributed by atoms with Crippen LogP contribution in [0.5, 0.6) is 0 Å². The third-order valence-corrected chi connectivity index (χ3v) is 3.07. The Kier molecular flexibility index (Phi) is 2.66. The summed E-state index contributed by atoms with van der Waals surface area (Å²) in [5.41, 5.74) is 0.184. The zero-order chi connectivity index (χ0) is 11.2. The highest BCUT2D eigenvalue weighted by Gasteiger charge is 2.29. The van der Waals surface area contributed by atoms with E-state index in [0.29, 0.717) is 5.69 Å². The van der Waals surface area contributed by atoms with E-state index in [-0.39, 0.29) is 20.9 Å². The molecule has 0 radical (unpaired) electrons. The van der Waals surface area contributed by atoms with Crippen molar-refractivity contribution >= 4 is 46.5 Å². The van der Waals surface area contributed by atoms with Gasteiger partial charge in [-0.25, -0.2) is 9.78 Å². The van der Waals surface area contributed by atoms with Gasteiger partial charge in [0.1, 0.15) is 5.02 Å². The number of hydrogen-bond donors (Lipinski definition) is 1. The minimum Gasteiger partial charge on any atom is -0.476 e. The molecule has 0 unspecified atom stereocenters. The maximum Gasteiger partial charge on any atom is 0.356 e. The molecule has 2 rings (SSSR count). The summed E-state index contributed by atoms with van der Waals surface area (Å²) in [4.78, 5) is 16.3. The minimum absolute atomic E-state index is 0.0365. The molecule has 0 spiro atoms. The first-order chi connectivity index (χ1) is 7.02.